The number of benzene rings is 1. The molecule has 0 unspecified atom stereocenters. The number of rotatable bonds is 9. The molecule has 2 aromatic rings. The van der Waals surface area contributed by atoms with Gasteiger partial charge in [-0.1, -0.05) is 24.3 Å². The first-order valence-electron chi connectivity index (χ1n) is 10.7. The quantitative estimate of drug-likeness (QED) is 0.572. The van der Waals surface area contributed by atoms with Crippen molar-refractivity contribution in [2.24, 2.45) is 5.92 Å². The van der Waals surface area contributed by atoms with E-state index in [0.29, 0.717) is 24.6 Å². The molecule has 0 bridgehead atoms. The van der Waals surface area contributed by atoms with Gasteiger partial charge in [-0.05, 0) is 49.4 Å². The molecule has 1 saturated heterocycles. The number of aromatic nitrogens is 1. The van der Waals surface area contributed by atoms with Crippen molar-refractivity contribution < 1.29 is 9.59 Å². The Kier molecular flexibility index (Phi) is 8.75. The van der Waals surface area contributed by atoms with Crippen LogP contribution in [0.5, 0.6) is 0 Å². The van der Waals surface area contributed by atoms with Crippen molar-refractivity contribution in [2.45, 2.75) is 37.0 Å². The van der Waals surface area contributed by atoms with E-state index in [9.17, 15) is 9.59 Å². The second-order valence-corrected chi connectivity index (χ2v) is 8.92. The topological polar surface area (TPSA) is 53.5 Å². The van der Waals surface area contributed by atoms with Gasteiger partial charge in [-0.2, -0.15) is 0 Å². The van der Waals surface area contributed by atoms with Crippen molar-refractivity contribution in [1.29, 1.82) is 0 Å². The van der Waals surface area contributed by atoms with Crippen LogP contribution in [0.4, 0.5) is 0 Å². The predicted molar refractivity (Wildman–Crippen MR) is 121 cm³/mol. The average Bonchev–Trinajstić information content (AvgIpc) is 2.81. The number of pyridine rings is 1. The zero-order valence-corrected chi connectivity index (χ0v) is 18.5. The highest BCUT2D eigenvalue weighted by Gasteiger charge is 2.24. The Morgan fingerprint density at radius 2 is 1.97 bits per heavy atom. The number of hydrogen-bond donors (Lipinski definition) is 0. The molecule has 6 heteroatoms. The minimum atomic E-state index is 0.175. The number of likely N-dealkylation sites (N-methyl/N-ethyl adjacent to an activating group) is 1. The smallest absolute Gasteiger partial charge is 0.232 e. The summed E-state index contributed by atoms with van der Waals surface area (Å²) >= 11 is 1.59. The van der Waals surface area contributed by atoms with Gasteiger partial charge in [0, 0.05) is 56.3 Å². The van der Waals surface area contributed by atoms with Crippen LogP contribution in [0.25, 0.3) is 0 Å². The maximum absolute atomic E-state index is 12.6. The third-order valence-electron chi connectivity index (χ3n) is 5.60. The Hall–Kier alpha value is -2.34. The fourth-order valence-electron chi connectivity index (χ4n) is 3.75. The largest absolute Gasteiger partial charge is 0.345 e. The number of carbonyl (C=O) groups excluding carboxylic acids is 2. The highest BCUT2D eigenvalue weighted by atomic mass is 32.2. The molecular formula is C24H31N3O2S. The monoisotopic (exact) mass is 425 g/mol. The molecule has 1 fully saturated rings. The van der Waals surface area contributed by atoms with Crippen LogP contribution in [0.2, 0.25) is 0 Å². The molecule has 0 radical (unpaired) electrons. The van der Waals surface area contributed by atoms with E-state index in [-0.39, 0.29) is 11.8 Å². The van der Waals surface area contributed by atoms with E-state index >= 15 is 0 Å². The molecule has 1 aliphatic heterocycles. The highest BCUT2D eigenvalue weighted by molar-refractivity contribution is 8.00. The fraction of sp³-hybridized carbons (Fsp3) is 0.458. The summed E-state index contributed by atoms with van der Waals surface area (Å²) in [6.07, 6.45) is 6.07. The molecule has 0 spiro atoms. The van der Waals surface area contributed by atoms with Gasteiger partial charge in [-0.15, -0.1) is 11.8 Å². The Bertz CT molecular complexity index is 801. The molecule has 3 rings (SSSR count). The van der Waals surface area contributed by atoms with Crippen LogP contribution >= 0.6 is 11.8 Å². The summed E-state index contributed by atoms with van der Waals surface area (Å²) < 4.78 is 0. The molecule has 1 aromatic carbocycles. The van der Waals surface area contributed by atoms with Crippen molar-refractivity contribution in [2.75, 3.05) is 32.4 Å². The molecule has 0 aliphatic carbocycles. The molecular weight excluding hydrogens is 394 g/mol. The third kappa shape index (κ3) is 7.17. The standard InChI is InChI=1S/C24H31N3O2S/c1-26(17-14-21-9-5-6-15-25-21)23(28)13-12-20-8-7-16-27(18-20)24(29)19-30-22-10-3-2-4-11-22/h2-6,9-11,15,20H,7-8,12-14,16-19H2,1H3/t20-/m0/s1. The zero-order valence-electron chi connectivity index (χ0n) is 17.7. The van der Waals surface area contributed by atoms with Gasteiger partial charge in [0.25, 0.3) is 0 Å². The highest BCUT2D eigenvalue weighted by Crippen LogP contribution is 2.23. The van der Waals surface area contributed by atoms with Gasteiger partial charge >= 0.3 is 0 Å². The second-order valence-electron chi connectivity index (χ2n) is 7.87. The van der Waals surface area contributed by atoms with Crippen LogP contribution in [0, 0.1) is 5.92 Å². The third-order valence-corrected chi connectivity index (χ3v) is 6.60. The summed E-state index contributed by atoms with van der Waals surface area (Å²) in [5.41, 5.74) is 1.01. The molecule has 1 aromatic heterocycles. The Morgan fingerprint density at radius 1 is 1.17 bits per heavy atom. The van der Waals surface area contributed by atoms with Gasteiger partial charge in [0.1, 0.15) is 0 Å². The maximum Gasteiger partial charge on any atom is 0.232 e. The fourth-order valence-corrected chi connectivity index (χ4v) is 4.57. The molecule has 160 valence electrons. The van der Waals surface area contributed by atoms with Crippen LogP contribution in [-0.4, -0.2) is 59.0 Å². The van der Waals surface area contributed by atoms with Gasteiger partial charge in [0.05, 0.1) is 5.75 Å². The van der Waals surface area contributed by atoms with E-state index in [0.717, 1.165) is 49.4 Å². The van der Waals surface area contributed by atoms with E-state index in [1.54, 1.807) is 22.9 Å². The van der Waals surface area contributed by atoms with E-state index < -0.39 is 0 Å². The number of likely N-dealkylation sites (tertiary alicyclic amines) is 1. The van der Waals surface area contributed by atoms with Crippen molar-refractivity contribution in [1.82, 2.24) is 14.8 Å². The predicted octanol–water partition coefficient (Wildman–Crippen LogP) is 3.89. The minimum absolute atomic E-state index is 0.175. The molecule has 2 heterocycles. The number of thioether (sulfide) groups is 1. The molecule has 5 nitrogen and oxygen atoms in total. The summed E-state index contributed by atoms with van der Waals surface area (Å²) in [5.74, 6) is 1.27. The van der Waals surface area contributed by atoms with E-state index in [1.807, 2.05) is 60.5 Å². The second kappa shape index (κ2) is 11.7. The number of amides is 2. The van der Waals surface area contributed by atoms with Crippen molar-refractivity contribution >= 4 is 23.6 Å². The van der Waals surface area contributed by atoms with Crippen LogP contribution in [0.3, 0.4) is 0 Å². The lowest BCUT2D eigenvalue weighted by molar-refractivity contribution is -0.130. The van der Waals surface area contributed by atoms with Gasteiger partial charge < -0.3 is 9.80 Å². The lowest BCUT2D eigenvalue weighted by Crippen LogP contribution is -2.41. The summed E-state index contributed by atoms with van der Waals surface area (Å²) in [4.78, 5) is 34.3. The lowest BCUT2D eigenvalue weighted by Gasteiger charge is -2.33. The SMILES string of the molecule is CN(CCc1ccccn1)C(=O)CC[C@@H]1CCCN(C(=O)CSc2ccccc2)C1. The molecule has 2 amide bonds. The van der Waals surface area contributed by atoms with Crippen molar-refractivity contribution in [3.05, 3.63) is 60.4 Å². The first-order chi connectivity index (χ1) is 14.6. The van der Waals surface area contributed by atoms with Crippen LogP contribution in [0.1, 0.15) is 31.4 Å². The van der Waals surface area contributed by atoms with E-state index in [1.165, 1.54) is 0 Å². The summed E-state index contributed by atoms with van der Waals surface area (Å²) in [6, 6.07) is 15.9. The molecule has 30 heavy (non-hydrogen) atoms. The summed E-state index contributed by atoms with van der Waals surface area (Å²) in [5, 5.41) is 0. The normalized spacial score (nSPS) is 16.3. The molecule has 0 N–H and O–H groups in total. The molecule has 0 saturated carbocycles. The van der Waals surface area contributed by atoms with Crippen molar-refractivity contribution in [3.63, 3.8) is 0 Å². The Labute approximate surface area is 183 Å². The summed E-state index contributed by atoms with van der Waals surface area (Å²) in [6.45, 7) is 2.30. The average molecular weight is 426 g/mol. The molecule has 1 aliphatic rings. The van der Waals surface area contributed by atoms with Crippen LogP contribution in [0.15, 0.2) is 59.6 Å². The van der Waals surface area contributed by atoms with Crippen LogP contribution < -0.4 is 0 Å². The maximum atomic E-state index is 12.6. The summed E-state index contributed by atoms with van der Waals surface area (Å²) in [7, 11) is 1.86. The van der Waals surface area contributed by atoms with Gasteiger partial charge in [-0.25, -0.2) is 0 Å². The first-order valence-corrected chi connectivity index (χ1v) is 11.7. The molecule has 1 atom stereocenters. The lowest BCUT2D eigenvalue weighted by atomic mass is 9.93. The van der Waals surface area contributed by atoms with E-state index in [4.69, 9.17) is 0 Å². The number of piperidine rings is 1. The first kappa shape index (κ1) is 22.3. The van der Waals surface area contributed by atoms with Crippen molar-refractivity contribution in [3.8, 4) is 0 Å². The zero-order chi connectivity index (χ0) is 21.2. The van der Waals surface area contributed by atoms with Gasteiger partial charge in [0.2, 0.25) is 11.8 Å². The Balaban J connectivity index is 1.37. The minimum Gasteiger partial charge on any atom is -0.345 e. The van der Waals surface area contributed by atoms with E-state index in [2.05, 4.69) is 4.98 Å². The Morgan fingerprint density at radius 3 is 2.73 bits per heavy atom. The number of carbonyl (C=O) groups is 2. The van der Waals surface area contributed by atoms with Gasteiger partial charge in [0.15, 0.2) is 0 Å². The van der Waals surface area contributed by atoms with Gasteiger partial charge in [-0.3, -0.25) is 14.6 Å². The number of nitrogens with zero attached hydrogens (tertiary/aromatic N) is 3. The number of hydrogen-bond acceptors (Lipinski definition) is 4. The van der Waals surface area contributed by atoms with Crippen LogP contribution in [-0.2, 0) is 16.0 Å².